The SMILES string of the molecule is CCc1ccc(NC(=O)[C@@H](C)N2CCC(NC(=O)OC(C)(C)C)CC2)cc1. The van der Waals surface area contributed by atoms with Crippen molar-refractivity contribution in [2.45, 2.75) is 71.6 Å². The van der Waals surface area contributed by atoms with Gasteiger partial charge in [-0.05, 0) is 64.7 Å². The van der Waals surface area contributed by atoms with Crippen molar-refractivity contribution in [1.82, 2.24) is 10.2 Å². The number of alkyl carbamates (subject to hydrolysis) is 1. The van der Waals surface area contributed by atoms with Crippen LogP contribution < -0.4 is 10.6 Å². The van der Waals surface area contributed by atoms with Crippen molar-refractivity contribution < 1.29 is 14.3 Å². The van der Waals surface area contributed by atoms with E-state index in [1.165, 1.54) is 5.56 Å². The van der Waals surface area contributed by atoms with Gasteiger partial charge in [0.1, 0.15) is 5.60 Å². The van der Waals surface area contributed by atoms with E-state index >= 15 is 0 Å². The zero-order valence-electron chi connectivity index (χ0n) is 17.2. The highest BCUT2D eigenvalue weighted by molar-refractivity contribution is 5.94. The van der Waals surface area contributed by atoms with Crippen LogP contribution in [-0.4, -0.2) is 47.7 Å². The number of hydrogen-bond acceptors (Lipinski definition) is 4. The smallest absolute Gasteiger partial charge is 0.407 e. The van der Waals surface area contributed by atoms with E-state index in [1.807, 2.05) is 52.0 Å². The second kappa shape index (κ2) is 9.22. The zero-order valence-corrected chi connectivity index (χ0v) is 17.2. The number of anilines is 1. The van der Waals surface area contributed by atoms with E-state index in [-0.39, 0.29) is 24.1 Å². The fourth-order valence-corrected chi connectivity index (χ4v) is 3.14. The number of ether oxygens (including phenoxy) is 1. The lowest BCUT2D eigenvalue weighted by molar-refractivity contribution is -0.121. The van der Waals surface area contributed by atoms with Crippen LogP contribution in [0.3, 0.4) is 0 Å². The lowest BCUT2D eigenvalue weighted by Crippen LogP contribution is -2.51. The summed E-state index contributed by atoms with van der Waals surface area (Å²) in [5, 5.41) is 5.92. The van der Waals surface area contributed by atoms with Gasteiger partial charge in [-0.15, -0.1) is 0 Å². The Kier molecular flexibility index (Phi) is 7.25. The molecule has 0 spiro atoms. The number of aryl methyl sites for hydroxylation is 1. The van der Waals surface area contributed by atoms with E-state index in [1.54, 1.807) is 0 Å². The Morgan fingerprint density at radius 3 is 2.30 bits per heavy atom. The Hall–Kier alpha value is -2.08. The van der Waals surface area contributed by atoms with Gasteiger partial charge in [0.15, 0.2) is 0 Å². The minimum Gasteiger partial charge on any atom is -0.444 e. The third-order valence-electron chi connectivity index (χ3n) is 4.81. The second-order valence-corrected chi connectivity index (χ2v) is 8.17. The van der Waals surface area contributed by atoms with Crippen LogP contribution in [0.25, 0.3) is 0 Å². The lowest BCUT2D eigenvalue weighted by atomic mass is 10.0. The van der Waals surface area contributed by atoms with Gasteiger partial charge in [-0.1, -0.05) is 19.1 Å². The summed E-state index contributed by atoms with van der Waals surface area (Å²) in [6, 6.07) is 7.84. The van der Waals surface area contributed by atoms with Crippen molar-refractivity contribution in [3.8, 4) is 0 Å². The number of amides is 2. The standard InChI is InChI=1S/C21H33N3O3/c1-6-16-7-9-17(10-8-16)22-19(25)15(2)24-13-11-18(12-14-24)23-20(26)27-21(3,4)5/h7-10,15,18H,6,11-14H2,1-5H3,(H,22,25)(H,23,26)/t15-/m1/s1. The molecule has 2 amide bonds. The molecule has 2 N–H and O–H groups in total. The van der Waals surface area contributed by atoms with Gasteiger partial charge in [-0.25, -0.2) is 4.79 Å². The average Bonchev–Trinajstić information content (AvgIpc) is 2.60. The Bertz CT molecular complexity index is 629. The third kappa shape index (κ3) is 6.86. The summed E-state index contributed by atoms with van der Waals surface area (Å²) in [7, 11) is 0. The van der Waals surface area contributed by atoms with E-state index in [0.29, 0.717) is 0 Å². The number of nitrogens with zero attached hydrogens (tertiary/aromatic N) is 1. The van der Waals surface area contributed by atoms with Gasteiger partial charge in [0.25, 0.3) is 0 Å². The summed E-state index contributed by atoms with van der Waals surface area (Å²) >= 11 is 0. The maximum Gasteiger partial charge on any atom is 0.407 e. The topological polar surface area (TPSA) is 70.7 Å². The van der Waals surface area contributed by atoms with Crippen LogP contribution in [0, 0.1) is 0 Å². The van der Waals surface area contributed by atoms with Crippen molar-refractivity contribution >= 4 is 17.7 Å². The number of piperidine rings is 1. The lowest BCUT2D eigenvalue weighted by Gasteiger charge is -2.35. The first kappa shape index (κ1) is 21.2. The first-order valence-corrected chi connectivity index (χ1v) is 9.81. The largest absolute Gasteiger partial charge is 0.444 e. The molecule has 0 saturated carbocycles. The molecule has 0 bridgehead atoms. The highest BCUT2D eigenvalue weighted by Crippen LogP contribution is 2.16. The van der Waals surface area contributed by atoms with Crippen LogP contribution in [-0.2, 0) is 16.0 Å². The minimum atomic E-state index is -0.493. The predicted molar refractivity (Wildman–Crippen MR) is 108 cm³/mol. The molecule has 0 aromatic heterocycles. The molecule has 1 fully saturated rings. The maximum atomic E-state index is 12.5. The molecule has 27 heavy (non-hydrogen) atoms. The van der Waals surface area contributed by atoms with E-state index < -0.39 is 5.60 Å². The van der Waals surface area contributed by atoms with E-state index in [9.17, 15) is 9.59 Å². The van der Waals surface area contributed by atoms with Gasteiger partial charge in [0.05, 0.1) is 6.04 Å². The molecule has 0 unspecified atom stereocenters. The summed E-state index contributed by atoms with van der Waals surface area (Å²) in [4.78, 5) is 26.6. The van der Waals surface area contributed by atoms with Crippen molar-refractivity contribution in [1.29, 1.82) is 0 Å². The number of carbonyl (C=O) groups excluding carboxylic acids is 2. The van der Waals surface area contributed by atoms with Crippen LogP contribution in [0.2, 0.25) is 0 Å². The number of hydrogen-bond donors (Lipinski definition) is 2. The van der Waals surface area contributed by atoms with Crippen molar-refractivity contribution in [3.05, 3.63) is 29.8 Å². The third-order valence-corrected chi connectivity index (χ3v) is 4.81. The number of benzene rings is 1. The summed E-state index contributed by atoms with van der Waals surface area (Å²) in [6.45, 7) is 11.1. The molecule has 1 heterocycles. The van der Waals surface area contributed by atoms with Gasteiger partial charge in [0, 0.05) is 24.8 Å². The number of likely N-dealkylation sites (tertiary alicyclic amines) is 1. The molecule has 1 aromatic carbocycles. The predicted octanol–water partition coefficient (Wildman–Crippen LogP) is 3.57. The molecule has 1 aliphatic rings. The quantitative estimate of drug-likeness (QED) is 0.825. The van der Waals surface area contributed by atoms with Gasteiger partial charge >= 0.3 is 6.09 Å². The normalized spacial score (nSPS) is 17.2. The molecule has 0 aliphatic carbocycles. The van der Waals surface area contributed by atoms with Crippen molar-refractivity contribution in [3.63, 3.8) is 0 Å². The van der Waals surface area contributed by atoms with Crippen LogP contribution >= 0.6 is 0 Å². The van der Waals surface area contributed by atoms with Gasteiger partial charge in [-0.3, -0.25) is 9.69 Å². The number of carbonyl (C=O) groups is 2. The van der Waals surface area contributed by atoms with Crippen LogP contribution in [0.4, 0.5) is 10.5 Å². The highest BCUT2D eigenvalue weighted by Gasteiger charge is 2.28. The van der Waals surface area contributed by atoms with Crippen LogP contribution in [0.5, 0.6) is 0 Å². The molecule has 6 heteroatoms. The molecule has 6 nitrogen and oxygen atoms in total. The summed E-state index contributed by atoms with van der Waals surface area (Å²) in [6.07, 6.45) is 2.23. The summed E-state index contributed by atoms with van der Waals surface area (Å²) in [5.41, 5.74) is 1.58. The Morgan fingerprint density at radius 2 is 1.78 bits per heavy atom. The zero-order chi connectivity index (χ0) is 20.0. The Labute approximate surface area is 162 Å². The first-order valence-electron chi connectivity index (χ1n) is 9.81. The van der Waals surface area contributed by atoms with Crippen molar-refractivity contribution in [2.24, 2.45) is 0 Å². The van der Waals surface area contributed by atoms with Gasteiger partial charge in [0.2, 0.25) is 5.91 Å². The molecule has 1 aromatic rings. The molecule has 0 radical (unpaired) electrons. The fourth-order valence-electron chi connectivity index (χ4n) is 3.14. The van der Waals surface area contributed by atoms with E-state index in [2.05, 4.69) is 22.5 Å². The molecular weight excluding hydrogens is 342 g/mol. The number of nitrogens with one attached hydrogen (secondary N) is 2. The Morgan fingerprint density at radius 1 is 1.19 bits per heavy atom. The Balaban J connectivity index is 1.78. The molecule has 1 atom stereocenters. The molecule has 1 aliphatic heterocycles. The second-order valence-electron chi connectivity index (χ2n) is 8.17. The maximum absolute atomic E-state index is 12.5. The monoisotopic (exact) mass is 375 g/mol. The van der Waals surface area contributed by atoms with Crippen LogP contribution in [0.1, 0.15) is 53.0 Å². The number of rotatable bonds is 5. The van der Waals surface area contributed by atoms with Crippen molar-refractivity contribution in [2.75, 3.05) is 18.4 Å². The first-order chi connectivity index (χ1) is 12.7. The fraction of sp³-hybridized carbons (Fsp3) is 0.619. The molecule has 2 rings (SSSR count). The molecular formula is C21H33N3O3. The van der Waals surface area contributed by atoms with Crippen LogP contribution in [0.15, 0.2) is 24.3 Å². The molecule has 150 valence electrons. The van der Waals surface area contributed by atoms with Gasteiger partial charge in [-0.2, -0.15) is 0 Å². The van der Waals surface area contributed by atoms with E-state index in [4.69, 9.17) is 4.74 Å². The highest BCUT2D eigenvalue weighted by atomic mass is 16.6. The summed E-state index contributed by atoms with van der Waals surface area (Å²) < 4.78 is 5.31. The molecule has 1 saturated heterocycles. The average molecular weight is 376 g/mol. The van der Waals surface area contributed by atoms with Gasteiger partial charge < -0.3 is 15.4 Å². The minimum absolute atomic E-state index is 0.00204. The summed E-state index contributed by atoms with van der Waals surface area (Å²) in [5.74, 6) is -0.00204. The van der Waals surface area contributed by atoms with E-state index in [0.717, 1.165) is 38.0 Å².